The predicted molar refractivity (Wildman–Crippen MR) is 27.6 cm³/mol. The van der Waals surface area contributed by atoms with E-state index < -0.39 is 0 Å². The van der Waals surface area contributed by atoms with Gasteiger partial charge in [-0.15, -0.1) is 0 Å². The van der Waals surface area contributed by atoms with Crippen LogP contribution in [0.5, 0.6) is 0 Å². The third-order valence-corrected chi connectivity index (χ3v) is 1.14. The van der Waals surface area contributed by atoms with Crippen molar-refractivity contribution in [3.63, 3.8) is 0 Å². The summed E-state index contributed by atoms with van der Waals surface area (Å²) < 4.78 is 0. The van der Waals surface area contributed by atoms with E-state index in [-0.39, 0.29) is 10.6 Å². The van der Waals surface area contributed by atoms with Gasteiger partial charge >= 0.3 is 0 Å². The van der Waals surface area contributed by atoms with Gasteiger partial charge < -0.3 is 0 Å². The van der Waals surface area contributed by atoms with Crippen molar-refractivity contribution in [1.82, 2.24) is 0 Å². The predicted octanol–water partition coefficient (Wildman–Crippen LogP) is 1.13. The molecule has 1 rings (SSSR count). The highest BCUT2D eigenvalue weighted by molar-refractivity contribution is 4.91. The van der Waals surface area contributed by atoms with Crippen molar-refractivity contribution in [2.45, 2.75) is 19.3 Å². The molecule has 0 saturated carbocycles. The van der Waals surface area contributed by atoms with Gasteiger partial charge in [0.2, 0.25) is 5.70 Å². The van der Waals surface area contributed by atoms with Gasteiger partial charge in [0.05, 0.1) is 4.92 Å². The van der Waals surface area contributed by atoms with Gasteiger partial charge in [-0.25, -0.2) is 0 Å². The molecule has 0 aromatic rings. The molecule has 0 heterocycles. The lowest BCUT2D eigenvalue weighted by Crippen LogP contribution is -1.93. The third-order valence-electron chi connectivity index (χ3n) is 1.14. The van der Waals surface area contributed by atoms with Crippen LogP contribution >= 0.6 is 0 Å². The van der Waals surface area contributed by atoms with Crippen LogP contribution in [0.3, 0.4) is 0 Å². The first-order valence-corrected chi connectivity index (χ1v) is 2.55. The zero-order valence-corrected chi connectivity index (χ0v) is 4.39. The monoisotopic (exact) mass is 112 g/mol. The first-order chi connectivity index (χ1) is 3.80. The lowest BCUT2D eigenvalue weighted by molar-refractivity contribution is -0.427. The van der Waals surface area contributed by atoms with Gasteiger partial charge in [0.1, 0.15) is 0 Å². The van der Waals surface area contributed by atoms with Crippen molar-refractivity contribution in [2.75, 3.05) is 0 Å². The van der Waals surface area contributed by atoms with Gasteiger partial charge in [0.15, 0.2) is 0 Å². The lowest BCUT2D eigenvalue weighted by atomic mass is 10.3. The third kappa shape index (κ3) is 0.857. The van der Waals surface area contributed by atoms with Crippen LogP contribution in [0.15, 0.2) is 5.70 Å². The van der Waals surface area contributed by atoms with Crippen LogP contribution in [-0.4, -0.2) is 4.92 Å². The normalized spacial score (nSPS) is 18.2. The lowest BCUT2D eigenvalue weighted by Gasteiger charge is -1.84. The number of hydrogen-bond acceptors (Lipinski definition) is 2. The van der Waals surface area contributed by atoms with E-state index in [1.165, 1.54) is 0 Å². The summed E-state index contributed by atoms with van der Waals surface area (Å²) in [5.74, 6) is 0. The molecule has 0 aliphatic heterocycles. The Kier molecular flexibility index (Phi) is 1.28. The van der Waals surface area contributed by atoms with E-state index in [1.54, 1.807) is 0 Å². The summed E-state index contributed by atoms with van der Waals surface area (Å²) in [7, 11) is 0. The minimum absolute atomic E-state index is 0.269. The zero-order valence-electron chi connectivity index (χ0n) is 4.39. The minimum Gasteiger partial charge on any atom is -0.259 e. The van der Waals surface area contributed by atoms with Crippen LogP contribution in [0.1, 0.15) is 19.3 Å². The number of nitrogens with zero attached hydrogens (tertiary/aromatic N) is 1. The number of nitro groups is 1. The topological polar surface area (TPSA) is 43.1 Å². The minimum atomic E-state index is -0.354. The fourth-order valence-electron chi connectivity index (χ4n) is 0.733. The average Bonchev–Trinajstić information content (AvgIpc) is 2.12. The molecule has 0 N–H and O–H groups in total. The highest BCUT2D eigenvalue weighted by Crippen LogP contribution is 2.15. The molecule has 0 fully saturated rings. The quantitative estimate of drug-likeness (QED) is 0.377. The first kappa shape index (κ1) is 5.28. The Morgan fingerprint density at radius 2 is 2.50 bits per heavy atom. The molecular weight excluding hydrogens is 106 g/mol. The molecule has 0 saturated heterocycles. The largest absolute Gasteiger partial charge is 0.259 e. The van der Waals surface area contributed by atoms with E-state index in [2.05, 4.69) is 6.08 Å². The molecule has 0 atom stereocenters. The van der Waals surface area contributed by atoms with Gasteiger partial charge in [0.25, 0.3) is 0 Å². The van der Waals surface area contributed by atoms with E-state index in [0.717, 1.165) is 12.8 Å². The molecule has 0 aromatic heterocycles. The Morgan fingerprint density at radius 1 is 1.75 bits per heavy atom. The van der Waals surface area contributed by atoms with Crippen molar-refractivity contribution < 1.29 is 4.92 Å². The maximum atomic E-state index is 9.91. The van der Waals surface area contributed by atoms with Gasteiger partial charge in [0, 0.05) is 12.5 Å². The Balaban J connectivity index is 2.57. The van der Waals surface area contributed by atoms with E-state index in [0.29, 0.717) is 6.42 Å². The Labute approximate surface area is 47.2 Å². The Hall–Kier alpha value is -0.860. The van der Waals surface area contributed by atoms with Crippen molar-refractivity contribution in [3.05, 3.63) is 21.9 Å². The summed E-state index contributed by atoms with van der Waals surface area (Å²) in [5, 5.41) is 9.91. The van der Waals surface area contributed by atoms with Crippen molar-refractivity contribution in [3.8, 4) is 0 Å². The summed E-state index contributed by atoms with van der Waals surface area (Å²) in [4.78, 5) is 9.55. The van der Waals surface area contributed by atoms with E-state index in [4.69, 9.17) is 0 Å². The van der Waals surface area contributed by atoms with E-state index in [9.17, 15) is 10.1 Å². The van der Waals surface area contributed by atoms with Crippen LogP contribution < -0.4 is 0 Å². The molecular formula is C5H6NO2. The maximum Gasteiger partial charge on any atom is 0.249 e. The maximum absolute atomic E-state index is 9.91. The summed E-state index contributed by atoms with van der Waals surface area (Å²) in [6.07, 6.45) is 4.94. The smallest absolute Gasteiger partial charge is 0.249 e. The SMILES string of the molecule is O=[N+]([O-])C1=[C]CCC1. The molecule has 1 radical (unpaired) electrons. The molecule has 0 aromatic carbocycles. The zero-order chi connectivity index (χ0) is 5.98. The molecule has 0 amide bonds. The molecule has 3 heteroatoms. The fraction of sp³-hybridized carbons (Fsp3) is 0.600. The average molecular weight is 112 g/mol. The second-order valence-corrected chi connectivity index (χ2v) is 1.73. The standard InChI is InChI=1S/C5H6NO2/c7-6(8)5-3-1-2-4-5/h1-3H2. The molecule has 0 unspecified atom stereocenters. The Bertz CT molecular complexity index is 139. The summed E-state index contributed by atoms with van der Waals surface area (Å²) in [5.41, 5.74) is 0.269. The fourth-order valence-corrected chi connectivity index (χ4v) is 0.733. The summed E-state index contributed by atoms with van der Waals surface area (Å²) >= 11 is 0. The molecule has 3 nitrogen and oxygen atoms in total. The van der Waals surface area contributed by atoms with Crippen LogP contribution in [0.25, 0.3) is 0 Å². The highest BCUT2D eigenvalue weighted by atomic mass is 16.6. The Morgan fingerprint density at radius 3 is 2.75 bits per heavy atom. The molecule has 43 valence electrons. The molecule has 1 aliphatic carbocycles. The van der Waals surface area contributed by atoms with Crippen LogP contribution in [0.4, 0.5) is 0 Å². The van der Waals surface area contributed by atoms with Crippen molar-refractivity contribution in [2.24, 2.45) is 0 Å². The molecule has 0 spiro atoms. The van der Waals surface area contributed by atoms with Gasteiger partial charge in [-0.2, -0.15) is 0 Å². The van der Waals surface area contributed by atoms with Gasteiger partial charge in [-0.1, -0.05) is 0 Å². The molecule has 8 heavy (non-hydrogen) atoms. The number of allylic oxidation sites excluding steroid dienone is 2. The highest BCUT2D eigenvalue weighted by Gasteiger charge is 2.14. The van der Waals surface area contributed by atoms with Gasteiger partial charge in [-0.05, 0) is 12.8 Å². The van der Waals surface area contributed by atoms with Crippen LogP contribution in [0, 0.1) is 16.2 Å². The molecule has 1 aliphatic rings. The molecule has 0 bridgehead atoms. The van der Waals surface area contributed by atoms with Gasteiger partial charge in [-0.3, -0.25) is 10.1 Å². The number of hydrogen-bond donors (Lipinski definition) is 0. The number of rotatable bonds is 1. The van der Waals surface area contributed by atoms with Crippen molar-refractivity contribution in [1.29, 1.82) is 0 Å². The summed E-state index contributed by atoms with van der Waals surface area (Å²) in [6.45, 7) is 0. The second-order valence-electron chi connectivity index (χ2n) is 1.73. The van der Waals surface area contributed by atoms with Crippen LogP contribution in [0.2, 0.25) is 0 Å². The van der Waals surface area contributed by atoms with Crippen LogP contribution in [-0.2, 0) is 0 Å². The van der Waals surface area contributed by atoms with Crippen molar-refractivity contribution >= 4 is 0 Å². The van der Waals surface area contributed by atoms with E-state index >= 15 is 0 Å². The van der Waals surface area contributed by atoms with E-state index in [1.807, 2.05) is 0 Å². The second kappa shape index (κ2) is 1.94. The first-order valence-electron chi connectivity index (χ1n) is 2.55. The summed E-state index contributed by atoms with van der Waals surface area (Å²) in [6, 6.07) is 0.